The summed E-state index contributed by atoms with van der Waals surface area (Å²) < 4.78 is 1.71. The summed E-state index contributed by atoms with van der Waals surface area (Å²) in [5, 5.41) is 0. The lowest BCUT2D eigenvalue weighted by molar-refractivity contribution is 0.278. The van der Waals surface area contributed by atoms with Gasteiger partial charge in [-0.3, -0.25) is 4.90 Å². The lowest BCUT2D eigenvalue weighted by atomic mass is 10.1. The highest BCUT2D eigenvalue weighted by molar-refractivity contribution is 9.11. The van der Waals surface area contributed by atoms with Gasteiger partial charge >= 0.3 is 0 Å². The van der Waals surface area contributed by atoms with Crippen molar-refractivity contribution < 1.29 is 0 Å². The van der Waals surface area contributed by atoms with Gasteiger partial charge in [-0.05, 0) is 41.0 Å². The van der Waals surface area contributed by atoms with Crippen molar-refractivity contribution in [3.63, 3.8) is 0 Å². The van der Waals surface area contributed by atoms with E-state index in [0.717, 1.165) is 6.54 Å². The molecule has 0 amide bonds. The third kappa shape index (κ3) is 3.76. The average molecular weight is 320 g/mol. The molecule has 1 aliphatic heterocycles. The van der Waals surface area contributed by atoms with Crippen molar-refractivity contribution in [2.24, 2.45) is 0 Å². The van der Waals surface area contributed by atoms with Crippen molar-refractivity contribution in [1.82, 2.24) is 4.90 Å². The summed E-state index contributed by atoms with van der Waals surface area (Å²) in [5.41, 5.74) is 0. The highest BCUT2D eigenvalue weighted by Crippen LogP contribution is 2.31. The van der Waals surface area contributed by atoms with E-state index in [1.807, 2.05) is 11.3 Å². The van der Waals surface area contributed by atoms with Crippen LogP contribution in [0.3, 0.4) is 0 Å². The van der Waals surface area contributed by atoms with Crippen LogP contribution >= 0.6 is 39.0 Å². The Morgan fingerprint density at radius 3 is 2.88 bits per heavy atom. The number of thioether (sulfide) groups is 1. The zero-order chi connectivity index (χ0) is 11.6. The molecule has 1 aliphatic rings. The summed E-state index contributed by atoms with van der Waals surface area (Å²) in [6.07, 6.45) is 1.30. The molecule has 2 rings (SSSR count). The molecule has 0 radical (unpaired) electrons. The molecule has 2 heterocycles. The molecule has 1 saturated heterocycles. The first-order chi connectivity index (χ1) is 7.55. The van der Waals surface area contributed by atoms with Crippen molar-refractivity contribution in [2.45, 2.75) is 31.6 Å². The van der Waals surface area contributed by atoms with Gasteiger partial charge in [0.2, 0.25) is 0 Å². The molecule has 0 spiro atoms. The van der Waals surface area contributed by atoms with E-state index in [-0.39, 0.29) is 0 Å². The van der Waals surface area contributed by atoms with Crippen LogP contribution < -0.4 is 0 Å². The Morgan fingerprint density at radius 1 is 1.38 bits per heavy atom. The van der Waals surface area contributed by atoms with Crippen LogP contribution in [0.25, 0.3) is 0 Å². The second-order valence-corrected chi connectivity index (χ2v) is 9.19. The Hall–Kier alpha value is 0.490. The molecule has 0 aliphatic carbocycles. The molecule has 0 atom stereocenters. The van der Waals surface area contributed by atoms with E-state index in [1.165, 1.54) is 33.9 Å². The number of thiophene rings is 1. The lowest BCUT2D eigenvalue weighted by Gasteiger charge is -2.22. The predicted octanol–water partition coefficient (Wildman–Crippen LogP) is 4.23. The number of nitrogens with zero attached hydrogens (tertiary/aromatic N) is 1. The van der Waals surface area contributed by atoms with E-state index in [0.29, 0.717) is 4.75 Å². The van der Waals surface area contributed by atoms with Crippen LogP contribution in [0.4, 0.5) is 0 Å². The minimum absolute atomic E-state index is 0.463. The van der Waals surface area contributed by atoms with Crippen LogP contribution in [0.1, 0.15) is 25.1 Å². The molecule has 0 saturated carbocycles. The van der Waals surface area contributed by atoms with E-state index in [2.05, 4.69) is 58.6 Å². The minimum atomic E-state index is 0.463. The number of rotatable bonds is 2. The number of hydrogen-bond acceptors (Lipinski definition) is 3. The molecule has 1 aromatic heterocycles. The molecule has 0 unspecified atom stereocenters. The van der Waals surface area contributed by atoms with Crippen molar-refractivity contribution in [1.29, 1.82) is 0 Å². The van der Waals surface area contributed by atoms with Crippen LogP contribution in [-0.2, 0) is 6.54 Å². The highest BCUT2D eigenvalue weighted by atomic mass is 79.9. The van der Waals surface area contributed by atoms with Gasteiger partial charge in [0.25, 0.3) is 0 Å². The van der Waals surface area contributed by atoms with Crippen LogP contribution in [0, 0.1) is 0 Å². The summed E-state index contributed by atoms with van der Waals surface area (Å²) in [6, 6.07) is 4.38. The summed E-state index contributed by atoms with van der Waals surface area (Å²) in [6.45, 7) is 8.30. The van der Waals surface area contributed by atoms with Gasteiger partial charge in [0.15, 0.2) is 0 Å². The maximum atomic E-state index is 3.53. The Morgan fingerprint density at radius 2 is 2.19 bits per heavy atom. The normalized spacial score (nSPS) is 21.9. The van der Waals surface area contributed by atoms with Crippen molar-refractivity contribution in [3.8, 4) is 0 Å². The second kappa shape index (κ2) is 5.42. The number of halogens is 1. The van der Waals surface area contributed by atoms with Gasteiger partial charge < -0.3 is 0 Å². The van der Waals surface area contributed by atoms with Gasteiger partial charge in [-0.25, -0.2) is 0 Å². The Bertz CT molecular complexity index is 349. The maximum Gasteiger partial charge on any atom is 0.0701 e. The standard InChI is InChI=1S/C12H18BrNS2/c1-12(2)5-6-14(7-8-15-12)9-10-3-4-11(13)16-10/h3-4H,5-9H2,1-2H3. The van der Waals surface area contributed by atoms with Gasteiger partial charge in [0, 0.05) is 28.5 Å². The Labute approximate surface area is 115 Å². The second-order valence-electron chi connectivity index (χ2n) is 4.84. The van der Waals surface area contributed by atoms with E-state index in [9.17, 15) is 0 Å². The van der Waals surface area contributed by atoms with Crippen molar-refractivity contribution in [2.75, 3.05) is 18.8 Å². The first-order valence-corrected chi connectivity index (χ1v) is 8.25. The van der Waals surface area contributed by atoms with Gasteiger partial charge in [0.05, 0.1) is 3.79 Å². The third-order valence-corrected chi connectivity index (χ3v) is 5.92. The van der Waals surface area contributed by atoms with Crippen LogP contribution in [0.15, 0.2) is 15.9 Å². The SMILES string of the molecule is CC1(C)CCN(Cc2ccc(Br)s2)CCS1. The molecule has 0 aromatic carbocycles. The van der Waals surface area contributed by atoms with Crippen LogP contribution in [-0.4, -0.2) is 28.5 Å². The zero-order valence-corrected chi connectivity index (χ0v) is 13.1. The maximum absolute atomic E-state index is 3.53. The van der Waals surface area contributed by atoms with Crippen molar-refractivity contribution >= 4 is 39.0 Å². The fourth-order valence-corrected chi connectivity index (χ4v) is 4.54. The minimum Gasteiger partial charge on any atom is -0.297 e. The smallest absolute Gasteiger partial charge is 0.0701 e. The molecule has 0 bridgehead atoms. The molecule has 0 N–H and O–H groups in total. The largest absolute Gasteiger partial charge is 0.297 e. The molecule has 16 heavy (non-hydrogen) atoms. The Balaban J connectivity index is 1.91. The summed E-state index contributed by atoms with van der Waals surface area (Å²) in [5.74, 6) is 1.26. The van der Waals surface area contributed by atoms with Gasteiger partial charge in [-0.15, -0.1) is 11.3 Å². The predicted molar refractivity (Wildman–Crippen MR) is 78.5 cm³/mol. The van der Waals surface area contributed by atoms with E-state index in [4.69, 9.17) is 0 Å². The first-order valence-electron chi connectivity index (χ1n) is 5.66. The molecule has 1 nitrogen and oxygen atoms in total. The average Bonchev–Trinajstić information content (AvgIpc) is 2.52. The molecule has 90 valence electrons. The fraction of sp³-hybridized carbons (Fsp3) is 0.667. The van der Waals surface area contributed by atoms with E-state index < -0.39 is 0 Å². The fourth-order valence-electron chi connectivity index (χ4n) is 1.88. The summed E-state index contributed by atoms with van der Waals surface area (Å²) in [7, 11) is 0. The number of hydrogen-bond donors (Lipinski definition) is 0. The van der Waals surface area contributed by atoms with E-state index in [1.54, 1.807) is 0 Å². The molecular weight excluding hydrogens is 302 g/mol. The highest BCUT2D eigenvalue weighted by Gasteiger charge is 2.23. The zero-order valence-electron chi connectivity index (χ0n) is 9.83. The van der Waals surface area contributed by atoms with Crippen LogP contribution in [0.5, 0.6) is 0 Å². The quantitative estimate of drug-likeness (QED) is 0.802. The summed E-state index contributed by atoms with van der Waals surface area (Å²) >= 11 is 7.50. The topological polar surface area (TPSA) is 3.24 Å². The van der Waals surface area contributed by atoms with Gasteiger partial charge in [-0.1, -0.05) is 13.8 Å². The molecule has 1 fully saturated rings. The lowest BCUT2D eigenvalue weighted by Crippen LogP contribution is -2.26. The summed E-state index contributed by atoms with van der Waals surface area (Å²) in [4.78, 5) is 4.05. The third-order valence-electron chi connectivity index (χ3n) is 2.94. The van der Waals surface area contributed by atoms with Crippen molar-refractivity contribution in [3.05, 3.63) is 20.8 Å². The van der Waals surface area contributed by atoms with Gasteiger partial charge in [-0.2, -0.15) is 11.8 Å². The molecular formula is C12H18BrNS2. The molecule has 4 heteroatoms. The Kier molecular flexibility index (Phi) is 4.38. The first kappa shape index (κ1) is 12.9. The van der Waals surface area contributed by atoms with Gasteiger partial charge in [0.1, 0.15) is 0 Å². The monoisotopic (exact) mass is 319 g/mol. The van der Waals surface area contributed by atoms with E-state index >= 15 is 0 Å². The van der Waals surface area contributed by atoms with Crippen LogP contribution in [0.2, 0.25) is 0 Å². The molecule has 1 aromatic rings.